The molecule has 146 valence electrons. The first-order valence-electron chi connectivity index (χ1n) is 7.59. The Hall–Kier alpha value is -2.10. The molecule has 0 saturated heterocycles. The third-order valence-corrected chi connectivity index (χ3v) is 3.37. The molecule has 1 aromatic rings. The minimum atomic E-state index is -1.17. The second-order valence-corrected chi connectivity index (χ2v) is 8.06. The van der Waals surface area contributed by atoms with E-state index in [1.807, 2.05) is 0 Å². The van der Waals surface area contributed by atoms with Crippen molar-refractivity contribution in [2.45, 2.75) is 52.7 Å². The zero-order valence-corrected chi connectivity index (χ0v) is 17.2. The normalized spacial score (nSPS) is 11.7. The highest BCUT2D eigenvalue weighted by molar-refractivity contribution is 9.10. The molecule has 0 spiro atoms. The average Bonchev–Trinajstić information content (AvgIpc) is 2.71. The summed E-state index contributed by atoms with van der Waals surface area (Å²) in [6, 6.07) is 0. The molecule has 1 heterocycles. The van der Waals surface area contributed by atoms with E-state index in [0.29, 0.717) is 4.90 Å². The van der Waals surface area contributed by atoms with Crippen LogP contribution in [0, 0.1) is 5.82 Å². The summed E-state index contributed by atoms with van der Waals surface area (Å²) in [7, 11) is 1.10. The van der Waals surface area contributed by atoms with E-state index in [0.717, 1.165) is 7.11 Å². The Morgan fingerprint density at radius 2 is 1.42 bits per heavy atom. The van der Waals surface area contributed by atoms with Gasteiger partial charge in [-0.25, -0.2) is 18.8 Å². The van der Waals surface area contributed by atoms with E-state index in [9.17, 15) is 18.8 Å². The van der Waals surface area contributed by atoms with Gasteiger partial charge in [0, 0.05) is 0 Å². The molecule has 0 bridgehead atoms. The molecule has 10 heteroatoms. The number of amides is 2. The van der Waals surface area contributed by atoms with E-state index in [1.54, 1.807) is 41.5 Å². The molecule has 0 atom stereocenters. The molecule has 1 N–H and O–H groups in total. The van der Waals surface area contributed by atoms with Gasteiger partial charge in [-0.3, -0.25) is 0 Å². The number of hydrogen-bond acceptors (Lipinski definition) is 6. The second-order valence-electron chi connectivity index (χ2n) is 7.26. The summed E-state index contributed by atoms with van der Waals surface area (Å²) in [5, 5.41) is 0. The summed E-state index contributed by atoms with van der Waals surface area (Å²) in [5.41, 5.74) is -2.22. The molecule has 26 heavy (non-hydrogen) atoms. The lowest BCUT2D eigenvalue weighted by atomic mass is 10.2. The van der Waals surface area contributed by atoms with Gasteiger partial charge < -0.3 is 19.2 Å². The quantitative estimate of drug-likeness (QED) is 0.545. The minimum Gasteiger partial charge on any atom is -0.464 e. The predicted molar refractivity (Wildman–Crippen MR) is 94.7 cm³/mol. The van der Waals surface area contributed by atoms with Crippen LogP contribution in [-0.2, 0) is 14.2 Å². The number of aromatic amines is 1. The van der Waals surface area contributed by atoms with Gasteiger partial charge in [0.15, 0.2) is 11.6 Å². The van der Waals surface area contributed by atoms with Crippen molar-refractivity contribution in [2.24, 2.45) is 0 Å². The fourth-order valence-corrected chi connectivity index (χ4v) is 2.16. The van der Waals surface area contributed by atoms with Crippen molar-refractivity contribution in [1.82, 2.24) is 4.98 Å². The first-order chi connectivity index (χ1) is 11.7. The number of imide groups is 1. The maximum atomic E-state index is 14.6. The van der Waals surface area contributed by atoms with Crippen molar-refractivity contribution in [2.75, 3.05) is 12.0 Å². The number of methoxy groups -OCH3 is 1. The van der Waals surface area contributed by atoms with Crippen molar-refractivity contribution in [3.63, 3.8) is 0 Å². The Labute approximate surface area is 159 Å². The number of ether oxygens (including phenoxy) is 3. The molecular weight excluding hydrogens is 415 g/mol. The highest BCUT2D eigenvalue weighted by Crippen LogP contribution is 2.32. The van der Waals surface area contributed by atoms with Crippen LogP contribution < -0.4 is 4.90 Å². The first kappa shape index (κ1) is 21.9. The number of esters is 1. The number of anilines is 1. The van der Waals surface area contributed by atoms with Crippen LogP contribution in [0.15, 0.2) is 4.47 Å². The predicted octanol–water partition coefficient (Wildman–Crippen LogP) is 4.38. The fourth-order valence-electron chi connectivity index (χ4n) is 1.71. The lowest BCUT2D eigenvalue weighted by Gasteiger charge is -2.27. The molecule has 0 aliphatic rings. The summed E-state index contributed by atoms with van der Waals surface area (Å²) >= 11 is 2.89. The van der Waals surface area contributed by atoms with Gasteiger partial charge in [0.1, 0.15) is 16.9 Å². The molecule has 0 radical (unpaired) electrons. The minimum absolute atomic E-state index is 0.295. The van der Waals surface area contributed by atoms with Crippen LogP contribution in [0.3, 0.4) is 0 Å². The van der Waals surface area contributed by atoms with Crippen LogP contribution in [0.4, 0.5) is 19.8 Å². The van der Waals surface area contributed by atoms with Crippen LogP contribution in [0.2, 0.25) is 0 Å². The molecule has 0 aliphatic carbocycles. The Kier molecular flexibility index (Phi) is 6.45. The smallest absolute Gasteiger partial charge is 0.425 e. The van der Waals surface area contributed by atoms with Crippen LogP contribution in [-0.4, -0.2) is 41.5 Å². The van der Waals surface area contributed by atoms with Crippen molar-refractivity contribution in [1.29, 1.82) is 0 Å². The number of carbonyl (C=O) groups excluding carboxylic acids is 3. The molecular formula is C16H22BrFN2O6. The SMILES string of the molecule is COC(=O)c1[nH]c(N(C(=O)OC(C)(C)C)C(=O)OC(C)(C)C)c(F)c1Br. The molecule has 8 nitrogen and oxygen atoms in total. The summed E-state index contributed by atoms with van der Waals surface area (Å²) < 4.78 is 29.1. The monoisotopic (exact) mass is 436 g/mol. The van der Waals surface area contributed by atoms with E-state index in [-0.39, 0.29) is 10.2 Å². The number of H-pyrrole nitrogens is 1. The lowest BCUT2D eigenvalue weighted by molar-refractivity contribution is 0.0425. The van der Waals surface area contributed by atoms with E-state index >= 15 is 0 Å². The van der Waals surface area contributed by atoms with Gasteiger partial charge in [-0.05, 0) is 57.5 Å². The Balaban J connectivity index is 3.44. The summed E-state index contributed by atoms with van der Waals surface area (Å²) in [5.74, 6) is -2.56. The third-order valence-electron chi connectivity index (χ3n) is 2.63. The van der Waals surface area contributed by atoms with Gasteiger partial charge in [-0.1, -0.05) is 0 Å². The number of aromatic nitrogens is 1. The number of carbonyl (C=O) groups is 3. The largest absolute Gasteiger partial charge is 0.464 e. The molecule has 2 amide bonds. The van der Waals surface area contributed by atoms with E-state index < -0.39 is 41.0 Å². The summed E-state index contributed by atoms with van der Waals surface area (Å²) in [6.45, 7) is 9.49. The highest BCUT2D eigenvalue weighted by Gasteiger charge is 2.37. The fraction of sp³-hybridized carbons (Fsp3) is 0.562. The van der Waals surface area contributed by atoms with Gasteiger partial charge in [0.2, 0.25) is 0 Å². The maximum absolute atomic E-state index is 14.6. The Bertz CT molecular complexity index is 690. The Morgan fingerprint density at radius 1 is 1.00 bits per heavy atom. The van der Waals surface area contributed by atoms with Gasteiger partial charge >= 0.3 is 18.2 Å². The van der Waals surface area contributed by atoms with Crippen LogP contribution >= 0.6 is 15.9 Å². The lowest BCUT2D eigenvalue weighted by Crippen LogP contribution is -2.44. The average molecular weight is 437 g/mol. The molecule has 1 aromatic heterocycles. The van der Waals surface area contributed by atoms with E-state index in [1.165, 1.54) is 0 Å². The number of nitrogens with one attached hydrogen (secondary N) is 1. The Morgan fingerprint density at radius 3 is 1.77 bits per heavy atom. The number of hydrogen-bond donors (Lipinski definition) is 1. The van der Waals surface area contributed by atoms with Gasteiger partial charge in [0.05, 0.1) is 11.6 Å². The third kappa shape index (κ3) is 5.45. The zero-order valence-electron chi connectivity index (χ0n) is 15.7. The van der Waals surface area contributed by atoms with Crippen molar-refractivity contribution >= 4 is 39.9 Å². The molecule has 0 fully saturated rings. The van der Waals surface area contributed by atoms with Gasteiger partial charge in [-0.2, -0.15) is 4.90 Å². The highest BCUT2D eigenvalue weighted by atomic mass is 79.9. The summed E-state index contributed by atoms with van der Waals surface area (Å²) in [6.07, 6.45) is -2.34. The molecule has 0 aliphatic heterocycles. The molecule has 0 saturated carbocycles. The second kappa shape index (κ2) is 7.65. The molecule has 0 aromatic carbocycles. The van der Waals surface area contributed by atoms with Crippen LogP contribution in [0.1, 0.15) is 52.0 Å². The molecule has 1 rings (SSSR count). The van der Waals surface area contributed by atoms with Gasteiger partial charge in [-0.15, -0.1) is 0 Å². The van der Waals surface area contributed by atoms with E-state index in [4.69, 9.17) is 9.47 Å². The number of nitrogens with zero attached hydrogens (tertiary/aromatic N) is 1. The zero-order chi connectivity index (χ0) is 20.4. The number of rotatable bonds is 2. The standard InChI is InChI=1S/C16H22BrFN2O6/c1-15(2,3)25-13(22)20(14(23)26-16(4,5)6)11-9(18)8(17)10(19-11)12(21)24-7/h19H,1-7H3. The van der Waals surface area contributed by atoms with Crippen molar-refractivity contribution in [3.8, 4) is 0 Å². The first-order valence-corrected chi connectivity index (χ1v) is 8.38. The van der Waals surface area contributed by atoms with E-state index in [2.05, 4.69) is 25.7 Å². The molecule has 0 unspecified atom stereocenters. The maximum Gasteiger partial charge on any atom is 0.425 e. The topological polar surface area (TPSA) is 97.9 Å². The summed E-state index contributed by atoms with van der Waals surface area (Å²) in [4.78, 5) is 39.4. The van der Waals surface area contributed by atoms with Gasteiger partial charge in [0.25, 0.3) is 0 Å². The van der Waals surface area contributed by atoms with Crippen LogP contribution in [0.25, 0.3) is 0 Å². The van der Waals surface area contributed by atoms with Crippen LogP contribution in [0.5, 0.6) is 0 Å². The van der Waals surface area contributed by atoms with Crippen molar-refractivity contribution < 1.29 is 33.0 Å². The number of halogens is 2. The van der Waals surface area contributed by atoms with Crippen molar-refractivity contribution in [3.05, 3.63) is 16.0 Å².